The van der Waals surface area contributed by atoms with Crippen LogP contribution in [-0.2, 0) is 17.9 Å². The predicted octanol–water partition coefficient (Wildman–Crippen LogP) is 1.34. The molecule has 5 nitrogen and oxygen atoms in total. The smallest absolute Gasteiger partial charge is 0.278 e. The zero-order chi connectivity index (χ0) is 18.9. The van der Waals surface area contributed by atoms with Gasteiger partial charge in [0.2, 0.25) is 0 Å². The molecule has 1 aromatic heterocycles. The minimum absolute atomic E-state index is 0.0962. The van der Waals surface area contributed by atoms with Gasteiger partial charge < -0.3 is 15.1 Å². The third-order valence-corrected chi connectivity index (χ3v) is 4.89. The first-order chi connectivity index (χ1) is 12.5. The molecule has 6 heteroatoms. The molecule has 0 bridgehead atoms. The van der Waals surface area contributed by atoms with Gasteiger partial charge >= 0.3 is 0 Å². The third-order valence-electron chi connectivity index (χ3n) is 4.03. The van der Waals surface area contributed by atoms with E-state index in [2.05, 4.69) is 11.9 Å². The number of amides is 2. The molecule has 0 radical (unpaired) electrons. The van der Waals surface area contributed by atoms with Crippen LogP contribution in [0.3, 0.4) is 0 Å². The highest BCUT2D eigenvalue weighted by Gasteiger charge is 2.18. The fourth-order valence-corrected chi connectivity index (χ4v) is 3.42. The molecule has 0 saturated heterocycles. The number of nitrogens with zero attached hydrogens (tertiary/aromatic N) is 1. The Hall–Kier alpha value is -2.44. The van der Waals surface area contributed by atoms with Gasteiger partial charge in [-0.25, -0.2) is 0 Å². The molecule has 1 aromatic carbocycles. The maximum atomic E-state index is 12.7. The highest BCUT2D eigenvalue weighted by Crippen LogP contribution is 2.11. The number of likely N-dealkylation sites (N-methyl/N-ethyl adjacent to an activating group) is 1. The monoisotopic (exact) mass is 372 g/mol. The second-order valence-electron chi connectivity index (χ2n) is 6.23. The van der Waals surface area contributed by atoms with Crippen LogP contribution in [0, 0.1) is 0 Å². The first-order valence-electron chi connectivity index (χ1n) is 8.57. The zero-order valence-corrected chi connectivity index (χ0v) is 16.1. The number of rotatable bonds is 9. The second kappa shape index (κ2) is 9.89. The molecule has 2 amide bonds. The summed E-state index contributed by atoms with van der Waals surface area (Å²) in [6.07, 6.45) is 1.76. The summed E-state index contributed by atoms with van der Waals surface area (Å²) in [5.41, 5.74) is 1.73. The number of carbonyl (C=O) groups excluding carboxylic acids is 2. The van der Waals surface area contributed by atoms with Crippen molar-refractivity contribution in [2.45, 2.75) is 13.1 Å². The van der Waals surface area contributed by atoms with Crippen molar-refractivity contribution in [1.29, 1.82) is 0 Å². The fourth-order valence-electron chi connectivity index (χ4n) is 2.70. The molecular formula is C20H26N3O2S+. The van der Waals surface area contributed by atoms with Crippen molar-refractivity contribution in [3.05, 3.63) is 70.4 Å². The number of benzene rings is 1. The van der Waals surface area contributed by atoms with Crippen molar-refractivity contribution in [2.75, 3.05) is 27.2 Å². The highest BCUT2D eigenvalue weighted by atomic mass is 32.1. The van der Waals surface area contributed by atoms with E-state index >= 15 is 0 Å². The van der Waals surface area contributed by atoms with Crippen LogP contribution in [0.15, 0.2) is 54.4 Å². The molecule has 0 aliphatic rings. The standard InChI is InChI=1S/C20H25N3O2S/c1-4-11-23(14-18-6-5-12-26-18)19(24)15-22(3)13-16-7-9-17(10-8-16)20(25)21-2/h4-10,12H,1,11,13-15H2,2-3H3,(H,21,25)/p+1. The molecule has 2 N–H and O–H groups in total. The van der Waals surface area contributed by atoms with Gasteiger partial charge in [0.1, 0.15) is 6.54 Å². The van der Waals surface area contributed by atoms with Crippen LogP contribution < -0.4 is 10.2 Å². The van der Waals surface area contributed by atoms with E-state index in [-0.39, 0.29) is 11.8 Å². The number of quaternary nitrogens is 1. The topological polar surface area (TPSA) is 53.9 Å². The largest absolute Gasteiger partial charge is 0.355 e. The minimum atomic E-state index is -0.0962. The van der Waals surface area contributed by atoms with Gasteiger partial charge in [0.25, 0.3) is 11.8 Å². The van der Waals surface area contributed by atoms with E-state index in [0.29, 0.717) is 25.2 Å². The summed E-state index contributed by atoms with van der Waals surface area (Å²) in [4.78, 5) is 28.3. The van der Waals surface area contributed by atoms with Crippen molar-refractivity contribution in [1.82, 2.24) is 10.2 Å². The van der Waals surface area contributed by atoms with E-state index in [4.69, 9.17) is 0 Å². The van der Waals surface area contributed by atoms with Crippen molar-refractivity contribution >= 4 is 23.2 Å². The van der Waals surface area contributed by atoms with Crippen molar-refractivity contribution in [3.63, 3.8) is 0 Å². The summed E-state index contributed by atoms with van der Waals surface area (Å²) in [7, 11) is 3.62. The number of hydrogen-bond donors (Lipinski definition) is 2. The molecule has 0 saturated carbocycles. The van der Waals surface area contributed by atoms with Crippen LogP contribution in [0.5, 0.6) is 0 Å². The minimum Gasteiger partial charge on any atom is -0.355 e. The Morgan fingerprint density at radius 1 is 1.27 bits per heavy atom. The van der Waals surface area contributed by atoms with Gasteiger partial charge in [-0.1, -0.05) is 24.3 Å². The molecule has 0 fully saturated rings. The van der Waals surface area contributed by atoms with Gasteiger partial charge in [0.05, 0.1) is 13.6 Å². The van der Waals surface area contributed by atoms with E-state index in [1.54, 1.807) is 24.5 Å². The van der Waals surface area contributed by atoms with Crippen LogP contribution in [0.1, 0.15) is 20.8 Å². The Bertz CT molecular complexity index is 726. The Balaban J connectivity index is 1.92. The Morgan fingerprint density at radius 2 is 2.00 bits per heavy atom. The SMILES string of the molecule is C=CCN(Cc1cccs1)C(=O)C[NH+](C)Cc1ccc(C(=O)NC)cc1. The fraction of sp³-hybridized carbons (Fsp3) is 0.300. The molecule has 0 spiro atoms. The summed E-state index contributed by atoms with van der Waals surface area (Å²) in [5, 5.41) is 4.63. The van der Waals surface area contributed by atoms with Crippen LogP contribution >= 0.6 is 11.3 Å². The zero-order valence-electron chi connectivity index (χ0n) is 15.3. The van der Waals surface area contributed by atoms with Crippen molar-refractivity contribution in [2.24, 2.45) is 0 Å². The quantitative estimate of drug-likeness (QED) is 0.653. The van der Waals surface area contributed by atoms with E-state index in [1.807, 2.05) is 53.7 Å². The van der Waals surface area contributed by atoms with Gasteiger partial charge in [0, 0.05) is 29.6 Å². The van der Waals surface area contributed by atoms with Gasteiger partial charge in [-0.2, -0.15) is 0 Å². The first-order valence-corrected chi connectivity index (χ1v) is 9.44. The van der Waals surface area contributed by atoms with Crippen LogP contribution in [-0.4, -0.2) is 43.9 Å². The average molecular weight is 373 g/mol. The highest BCUT2D eigenvalue weighted by molar-refractivity contribution is 7.09. The summed E-state index contributed by atoms with van der Waals surface area (Å²) < 4.78 is 0. The number of nitrogens with one attached hydrogen (secondary N) is 2. The van der Waals surface area contributed by atoms with E-state index in [1.165, 1.54) is 4.88 Å². The lowest BCUT2D eigenvalue weighted by molar-refractivity contribution is -0.885. The molecule has 2 aromatic rings. The summed E-state index contributed by atoms with van der Waals surface area (Å²) in [5.74, 6) is 0.0128. The molecule has 2 rings (SSSR count). The lowest BCUT2D eigenvalue weighted by Gasteiger charge is -2.22. The normalized spacial score (nSPS) is 11.6. The Labute approximate surface area is 158 Å². The predicted molar refractivity (Wildman–Crippen MR) is 105 cm³/mol. The van der Waals surface area contributed by atoms with E-state index in [0.717, 1.165) is 17.0 Å². The first kappa shape index (κ1) is 19.9. The average Bonchev–Trinajstić information content (AvgIpc) is 3.14. The lowest BCUT2D eigenvalue weighted by atomic mass is 10.1. The maximum absolute atomic E-state index is 12.7. The van der Waals surface area contributed by atoms with Crippen molar-refractivity contribution < 1.29 is 14.5 Å². The summed E-state index contributed by atoms with van der Waals surface area (Å²) in [6.45, 7) is 6.06. The number of hydrogen-bond acceptors (Lipinski definition) is 3. The Kier molecular flexibility index (Phi) is 7.56. The van der Waals surface area contributed by atoms with Crippen LogP contribution in [0.25, 0.3) is 0 Å². The molecule has 26 heavy (non-hydrogen) atoms. The second-order valence-corrected chi connectivity index (χ2v) is 7.26. The van der Waals surface area contributed by atoms with Crippen LogP contribution in [0.2, 0.25) is 0 Å². The molecule has 1 unspecified atom stereocenters. The lowest BCUT2D eigenvalue weighted by Crippen LogP contribution is -3.08. The maximum Gasteiger partial charge on any atom is 0.278 e. The molecule has 1 atom stereocenters. The molecule has 0 aliphatic carbocycles. The van der Waals surface area contributed by atoms with Gasteiger partial charge in [0.15, 0.2) is 6.54 Å². The van der Waals surface area contributed by atoms with E-state index < -0.39 is 0 Å². The van der Waals surface area contributed by atoms with E-state index in [9.17, 15) is 9.59 Å². The van der Waals surface area contributed by atoms with Gasteiger partial charge in [-0.15, -0.1) is 17.9 Å². The number of carbonyl (C=O) groups is 2. The molecular weight excluding hydrogens is 346 g/mol. The Morgan fingerprint density at radius 3 is 2.58 bits per heavy atom. The number of thiophene rings is 1. The molecule has 1 heterocycles. The van der Waals surface area contributed by atoms with Gasteiger partial charge in [-0.3, -0.25) is 9.59 Å². The molecule has 0 aliphatic heterocycles. The third kappa shape index (κ3) is 5.82. The summed E-state index contributed by atoms with van der Waals surface area (Å²) in [6, 6.07) is 11.5. The van der Waals surface area contributed by atoms with Crippen LogP contribution in [0.4, 0.5) is 0 Å². The summed E-state index contributed by atoms with van der Waals surface area (Å²) >= 11 is 1.65. The van der Waals surface area contributed by atoms with Crippen molar-refractivity contribution in [3.8, 4) is 0 Å². The molecule has 138 valence electrons. The van der Waals surface area contributed by atoms with Gasteiger partial charge in [-0.05, 0) is 23.6 Å².